The number of carbonyl (C=O) groups is 1. The van der Waals surface area contributed by atoms with E-state index >= 15 is 0 Å². The Morgan fingerprint density at radius 2 is 2.00 bits per heavy atom. The maximum atomic E-state index is 12.4. The smallest absolute Gasteiger partial charge is 0.234 e. The SMILES string of the molecule is COc1ccc(Cl)cc1NC(=O)CSc1ncnc2c1nnn2-c1cccc(Cl)c1. The van der Waals surface area contributed by atoms with Gasteiger partial charge in [0.15, 0.2) is 11.2 Å². The molecule has 2 aromatic heterocycles. The van der Waals surface area contributed by atoms with Gasteiger partial charge >= 0.3 is 0 Å². The predicted octanol–water partition coefficient (Wildman–Crippen LogP) is 4.26. The van der Waals surface area contributed by atoms with Crippen LogP contribution in [0.15, 0.2) is 53.8 Å². The Kier molecular flexibility index (Phi) is 6.03. The van der Waals surface area contributed by atoms with Crippen LogP contribution in [0.4, 0.5) is 5.69 Å². The first kappa shape index (κ1) is 20.4. The van der Waals surface area contributed by atoms with E-state index in [-0.39, 0.29) is 11.7 Å². The average molecular weight is 461 g/mol. The third-order valence-electron chi connectivity index (χ3n) is 4.03. The van der Waals surface area contributed by atoms with E-state index in [2.05, 4.69) is 25.6 Å². The number of benzene rings is 2. The van der Waals surface area contributed by atoms with Crippen LogP contribution in [0.1, 0.15) is 0 Å². The fourth-order valence-electron chi connectivity index (χ4n) is 2.71. The molecular formula is C19H14Cl2N6O2S. The Morgan fingerprint density at radius 1 is 1.17 bits per heavy atom. The van der Waals surface area contributed by atoms with E-state index in [1.54, 1.807) is 35.0 Å². The number of anilines is 1. The van der Waals surface area contributed by atoms with E-state index < -0.39 is 0 Å². The van der Waals surface area contributed by atoms with Crippen LogP contribution < -0.4 is 10.1 Å². The summed E-state index contributed by atoms with van der Waals surface area (Å²) >= 11 is 13.3. The molecule has 2 heterocycles. The van der Waals surface area contributed by atoms with Crippen molar-refractivity contribution in [2.24, 2.45) is 0 Å². The molecule has 0 aliphatic rings. The molecule has 0 aliphatic heterocycles. The first-order chi connectivity index (χ1) is 14.5. The van der Waals surface area contributed by atoms with E-state index in [1.165, 1.54) is 25.2 Å². The number of nitrogens with zero attached hydrogens (tertiary/aromatic N) is 5. The van der Waals surface area contributed by atoms with Gasteiger partial charge in [-0.05, 0) is 36.4 Å². The van der Waals surface area contributed by atoms with Gasteiger partial charge in [-0.25, -0.2) is 9.97 Å². The van der Waals surface area contributed by atoms with Crippen molar-refractivity contribution in [3.05, 3.63) is 58.8 Å². The Morgan fingerprint density at radius 3 is 2.80 bits per heavy atom. The summed E-state index contributed by atoms with van der Waals surface area (Å²) in [7, 11) is 1.52. The molecule has 0 saturated carbocycles. The van der Waals surface area contributed by atoms with Gasteiger partial charge in [-0.3, -0.25) is 4.79 Å². The van der Waals surface area contributed by atoms with E-state index in [1.807, 2.05) is 12.1 Å². The van der Waals surface area contributed by atoms with Gasteiger partial charge in [0, 0.05) is 10.0 Å². The highest BCUT2D eigenvalue weighted by molar-refractivity contribution is 8.00. The predicted molar refractivity (Wildman–Crippen MR) is 117 cm³/mol. The van der Waals surface area contributed by atoms with Crippen LogP contribution in [-0.4, -0.2) is 43.7 Å². The van der Waals surface area contributed by atoms with Gasteiger partial charge in [-0.2, -0.15) is 4.68 Å². The fourth-order valence-corrected chi connectivity index (χ4v) is 3.80. The minimum atomic E-state index is -0.241. The number of halogens is 2. The van der Waals surface area contributed by atoms with Crippen molar-refractivity contribution in [3.63, 3.8) is 0 Å². The van der Waals surface area contributed by atoms with Gasteiger partial charge in [0.05, 0.1) is 24.2 Å². The summed E-state index contributed by atoms with van der Waals surface area (Å²) in [5.74, 6) is 0.382. The minimum Gasteiger partial charge on any atom is -0.495 e. The molecule has 2 aromatic carbocycles. The van der Waals surface area contributed by atoms with Gasteiger partial charge in [-0.1, -0.05) is 46.2 Å². The highest BCUT2D eigenvalue weighted by Crippen LogP contribution is 2.29. The molecule has 0 fully saturated rings. The molecule has 1 N–H and O–H groups in total. The van der Waals surface area contributed by atoms with Gasteiger partial charge in [-0.15, -0.1) is 5.10 Å². The number of thioether (sulfide) groups is 1. The third-order valence-corrected chi connectivity index (χ3v) is 5.48. The van der Waals surface area contributed by atoms with Crippen LogP contribution in [0.2, 0.25) is 10.0 Å². The van der Waals surface area contributed by atoms with Crippen LogP contribution in [0.5, 0.6) is 5.75 Å². The monoisotopic (exact) mass is 460 g/mol. The van der Waals surface area contributed by atoms with Crippen LogP contribution in [0.25, 0.3) is 16.9 Å². The number of carbonyl (C=O) groups excluding carboxylic acids is 1. The Labute approximate surface area is 185 Å². The minimum absolute atomic E-state index is 0.103. The van der Waals surface area contributed by atoms with Crippen LogP contribution in [0, 0.1) is 0 Å². The number of methoxy groups -OCH3 is 1. The lowest BCUT2D eigenvalue weighted by molar-refractivity contribution is -0.113. The zero-order valence-corrected chi connectivity index (χ0v) is 17.9. The van der Waals surface area contributed by atoms with Crippen molar-refractivity contribution in [2.75, 3.05) is 18.2 Å². The summed E-state index contributed by atoms with van der Waals surface area (Å²) in [5, 5.41) is 12.7. The van der Waals surface area contributed by atoms with Crippen molar-refractivity contribution >= 4 is 57.7 Å². The summed E-state index contributed by atoms with van der Waals surface area (Å²) in [5.41, 5.74) is 2.24. The number of fused-ring (bicyclic) bond motifs is 1. The molecule has 1 amide bonds. The normalized spacial score (nSPS) is 10.9. The van der Waals surface area contributed by atoms with Crippen molar-refractivity contribution in [1.82, 2.24) is 25.0 Å². The summed E-state index contributed by atoms with van der Waals surface area (Å²) in [4.78, 5) is 21.0. The molecule has 0 spiro atoms. The molecule has 4 aromatic rings. The lowest BCUT2D eigenvalue weighted by atomic mass is 10.3. The molecule has 0 bridgehead atoms. The quantitative estimate of drug-likeness (QED) is 0.339. The molecule has 11 heteroatoms. The lowest BCUT2D eigenvalue weighted by Crippen LogP contribution is -2.15. The average Bonchev–Trinajstić information content (AvgIpc) is 3.17. The Hall–Kier alpha value is -2.88. The maximum Gasteiger partial charge on any atom is 0.234 e. The van der Waals surface area contributed by atoms with E-state index in [4.69, 9.17) is 27.9 Å². The Balaban J connectivity index is 1.52. The fraction of sp³-hybridized carbons (Fsp3) is 0.105. The highest BCUT2D eigenvalue weighted by Gasteiger charge is 2.15. The van der Waals surface area contributed by atoms with E-state index in [9.17, 15) is 4.79 Å². The molecule has 0 aliphatic carbocycles. The van der Waals surface area contributed by atoms with Crippen molar-refractivity contribution in [1.29, 1.82) is 0 Å². The molecular weight excluding hydrogens is 447 g/mol. The van der Waals surface area contributed by atoms with Crippen molar-refractivity contribution < 1.29 is 9.53 Å². The van der Waals surface area contributed by atoms with Gasteiger partial charge in [0.2, 0.25) is 5.91 Å². The van der Waals surface area contributed by atoms with Crippen LogP contribution in [-0.2, 0) is 4.79 Å². The molecule has 0 atom stereocenters. The van der Waals surface area contributed by atoms with Crippen molar-refractivity contribution in [3.8, 4) is 11.4 Å². The largest absolute Gasteiger partial charge is 0.495 e. The number of rotatable bonds is 6. The zero-order valence-electron chi connectivity index (χ0n) is 15.5. The first-order valence-corrected chi connectivity index (χ1v) is 10.4. The number of aromatic nitrogens is 5. The Bertz CT molecular complexity index is 1230. The number of ether oxygens (including phenoxy) is 1. The molecule has 152 valence electrons. The zero-order chi connectivity index (χ0) is 21.1. The summed E-state index contributed by atoms with van der Waals surface area (Å²) < 4.78 is 6.82. The topological polar surface area (TPSA) is 94.8 Å². The first-order valence-electron chi connectivity index (χ1n) is 8.63. The summed E-state index contributed by atoms with van der Waals surface area (Å²) in [6.45, 7) is 0. The van der Waals surface area contributed by atoms with Gasteiger partial charge in [0.25, 0.3) is 0 Å². The second-order valence-corrected chi connectivity index (χ2v) is 7.85. The van der Waals surface area contributed by atoms with Gasteiger partial charge in [0.1, 0.15) is 17.1 Å². The third kappa shape index (κ3) is 4.33. The van der Waals surface area contributed by atoms with E-state index in [0.717, 1.165) is 5.69 Å². The lowest BCUT2D eigenvalue weighted by Gasteiger charge is -2.10. The van der Waals surface area contributed by atoms with Gasteiger partial charge < -0.3 is 10.1 Å². The highest BCUT2D eigenvalue weighted by atomic mass is 35.5. The molecule has 8 nitrogen and oxygen atoms in total. The van der Waals surface area contributed by atoms with E-state index in [0.29, 0.717) is 37.7 Å². The molecule has 0 saturated heterocycles. The molecule has 0 unspecified atom stereocenters. The molecule has 30 heavy (non-hydrogen) atoms. The number of hydrogen-bond acceptors (Lipinski definition) is 7. The molecule has 0 radical (unpaired) electrons. The second-order valence-electron chi connectivity index (χ2n) is 6.01. The maximum absolute atomic E-state index is 12.4. The number of amides is 1. The van der Waals surface area contributed by atoms with Crippen LogP contribution >= 0.6 is 35.0 Å². The summed E-state index contributed by atoms with van der Waals surface area (Å²) in [6.07, 6.45) is 1.41. The number of nitrogens with one attached hydrogen (secondary N) is 1. The standard InChI is InChI=1S/C19H14Cl2N6O2S/c1-29-15-6-5-12(21)8-14(15)24-16(28)9-30-19-17-18(22-10-23-19)27(26-25-17)13-4-2-3-11(20)7-13/h2-8,10H,9H2,1H3,(H,24,28). The van der Waals surface area contributed by atoms with Crippen LogP contribution in [0.3, 0.4) is 0 Å². The second kappa shape index (κ2) is 8.86. The molecule has 4 rings (SSSR count). The number of hydrogen-bond donors (Lipinski definition) is 1. The van der Waals surface area contributed by atoms with Crippen molar-refractivity contribution in [2.45, 2.75) is 5.03 Å². The summed E-state index contributed by atoms with van der Waals surface area (Å²) in [6, 6.07) is 12.2.